The molecule has 2 atom stereocenters. The van der Waals surface area contributed by atoms with Gasteiger partial charge in [-0.1, -0.05) is 18.2 Å². The number of nitro groups is 1. The van der Waals surface area contributed by atoms with Gasteiger partial charge in [-0.3, -0.25) is 15.1 Å². The smallest absolute Gasteiger partial charge is 0.270 e. The van der Waals surface area contributed by atoms with Crippen molar-refractivity contribution in [2.75, 3.05) is 11.5 Å². The summed E-state index contributed by atoms with van der Waals surface area (Å²) >= 11 is 5.75. The highest BCUT2D eigenvalue weighted by Crippen LogP contribution is 2.43. The molecule has 0 radical (unpaired) electrons. The number of nitro benzene ring substituents is 1. The Morgan fingerprint density at radius 1 is 1.11 bits per heavy atom. The Morgan fingerprint density at radius 3 is 2.66 bits per heavy atom. The minimum atomic E-state index is -0.419. The first-order chi connectivity index (χ1) is 17.0. The summed E-state index contributed by atoms with van der Waals surface area (Å²) in [4.78, 5) is 17.4. The molecule has 1 aliphatic heterocycles. The molecule has 1 fully saturated rings. The van der Waals surface area contributed by atoms with Crippen LogP contribution >= 0.6 is 12.2 Å². The Morgan fingerprint density at radius 2 is 1.94 bits per heavy atom. The molecule has 9 heteroatoms. The Labute approximate surface area is 207 Å². The highest BCUT2D eigenvalue weighted by molar-refractivity contribution is 7.80. The molecular weight excluding hydrogens is 464 g/mol. The largest absolute Gasteiger partial charge is 0.494 e. The summed E-state index contributed by atoms with van der Waals surface area (Å²) in [5, 5.41) is 15.2. The molecule has 0 amide bonds. The van der Waals surface area contributed by atoms with E-state index in [1.807, 2.05) is 66.4 Å². The molecule has 4 aromatic rings. The van der Waals surface area contributed by atoms with Crippen molar-refractivity contribution in [2.24, 2.45) is 0 Å². The second-order valence-electron chi connectivity index (χ2n) is 7.93. The molecule has 2 aromatic carbocycles. The van der Waals surface area contributed by atoms with Crippen molar-refractivity contribution in [3.05, 3.63) is 107 Å². The van der Waals surface area contributed by atoms with E-state index < -0.39 is 4.92 Å². The van der Waals surface area contributed by atoms with Crippen LogP contribution in [0.3, 0.4) is 0 Å². The van der Waals surface area contributed by atoms with Crippen LogP contribution in [0.5, 0.6) is 5.75 Å². The van der Waals surface area contributed by atoms with E-state index in [1.165, 1.54) is 12.1 Å². The van der Waals surface area contributed by atoms with E-state index in [2.05, 4.69) is 10.3 Å². The van der Waals surface area contributed by atoms with E-state index >= 15 is 0 Å². The lowest BCUT2D eigenvalue weighted by Gasteiger charge is -2.26. The maximum Gasteiger partial charge on any atom is 0.270 e. The molecule has 8 nitrogen and oxygen atoms in total. The number of nitrogens with zero attached hydrogens (tertiary/aromatic N) is 3. The summed E-state index contributed by atoms with van der Waals surface area (Å²) in [6.07, 6.45) is 1.74. The third-order valence-electron chi connectivity index (χ3n) is 5.78. The van der Waals surface area contributed by atoms with Gasteiger partial charge in [0.2, 0.25) is 0 Å². The van der Waals surface area contributed by atoms with E-state index in [9.17, 15) is 10.1 Å². The van der Waals surface area contributed by atoms with Crippen molar-refractivity contribution in [1.82, 2.24) is 10.3 Å². The normalized spacial score (nSPS) is 17.3. The van der Waals surface area contributed by atoms with Gasteiger partial charge in [0.25, 0.3) is 5.69 Å². The number of aromatic nitrogens is 1. The molecule has 0 spiro atoms. The number of thiocarbonyl (C=S) groups is 1. The monoisotopic (exact) mass is 486 g/mol. The zero-order valence-corrected chi connectivity index (χ0v) is 19.6. The van der Waals surface area contributed by atoms with Crippen LogP contribution in [0.2, 0.25) is 0 Å². The van der Waals surface area contributed by atoms with Crippen LogP contribution in [-0.2, 0) is 0 Å². The van der Waals surface area contributed by atoms with Gasteiger partial charge in [0.05, 0.1) is 23.3 Å². The van der Waals surface area contributed by atoms with Crippen LogP contribution in [0.15, 0.2) is 89.5 Å². The minimum absolute atomic E-state index is 0.00605. The van der Waals surface area contributed by atoms with Gasteiger partial charge in [-0.2, -0.15) is 0 Å². The average molecular weight is 487 g/mol. The lowest BCUT2D eigenvalue weighted by atomic mass is 10.0. The van der Waals surface area contributed by atoms with Gasteiger partial charge in [-0.15, -0.1) is 0 Å². The van der Waals surface area contributed by atoms with Gasteiger partial charge >= 0.3 is 0 Å². The van der Waals surface area contributed by atoms with Gasteiger partial charge in [0, 0.05) is 29.6 Å². The van der Waals surface area contributed by atoms with Crippen molar-refractivity contribution < 1.29 is 14.1 Å². The average Bonchev–Trinajstić information content (AvgIpc) is 3.50. The van der Waals surface area contributed by atoms with Crippen LogP contribution in [0, 0.1) is 10.1 Å². The highest BCUT2D eigenvalue weighted by atomic mass is 32.1. The number of hydrogen-bond acceptors (Lipinski definition) is 6. The first-order valence-corrected chi connectivity index (χ1v) is 11.5. The number of furan rings is 1. The summed E-state index contributed by atoms with van der Waals surface area (Å²) in [6.45, 7) is 2.52. The molecule has 0 aliphatic carbocycles. The number of ether oxygens (including phenoxy) is 1. The standard InChI is InChI=1S/C26H22N4O4S/c1-2-33-20-11-9-18(10-12-20)29-25(24(28-26(29)35)21-8-3-4-15-27-21)23-14-13-22(34-23)17-6-5-7-19(16-17)30(31)32/h3-16,24-25H,2H2,1H3,(H,28,35)/t24-,25-/m0/s1. The Balaban J connectivity index is 1.56. The van der Waals surface area contributed by atoms with Crippen molar-refractivity contribution in [3.8, 4) is 17.1 Å². The van der Waals surface area contributed by atoms with E-state index in [-0.39, 0.29) is 17.8 Å². The fraction of sp³-hybridized carbons (Fsp3) is 0.154. The number of hydrogen-bond donors (Lipinski definition) is 1. The van der Waals surface area contributed by atoms with E-state index in [0.717, 1.165) is 17.1 Å². The molecular formula is C26H22N4O4S. The topological polar surface area (TPSA) is 93.7 Å². The predicted molar refractivity (Wildman–Crippen MR) is 136 cm³/mol. The van der Waals surface area contributed by atoms with Crippen molar-refractivity contribution in [1.29, 1.82) is 0 Å². The number of nitrogens with one attached hydrogen (secondary N) is 1. The molecule has 0 bridgehead atoms. The van der Waals surface area contributed by atoms with Gasteiger partial charge in [0.15, 0.2) is 5.11 Å². The summed E-state index contributed by atoms with van der Waals surface area (Å²) in [5.74, 6) is 1.97. The van der Waals surface area contributed by atoms with E-state index in [4.69, 9.17) is 21.4 Å². The van der Waals surface area contributed by atoms with Crippen molar-refractivity contribution >= 4 is 28.7 Å². The lowest BCUT2D eigenvalue weighted by molar-refractivity contribution is -0.384. The van der Waals surface area contributed by atoms with Crippen molar-refractivity contribution in [3.63, 3.8) is 0 Å². The molecule has 1 N–H and O–H groups in total. The van der Waals surface area contributed by atoms with Gasteiger partial charge in [-0.25, -0.2) is 0 Å². The number of anilines is 1. The fourth-order valence-electron chi connectivity index (χ4n) is 4.23. The number of pyridine rings is 1. The fourth-order valence-corrected chi connectivity index (χ4v) is 4.58. The second kappa shape index (κ2) is 9.55. The van der Waals surface area contributed by atoms with Crippen molar-refractivity contribution in [2.45, 2.75) is 19.0 Å². The summed E-state index contributed by atoms with van der Waals surface area (Å²) < 4.78 is 11.9. The Bertz CT molecular complexity index is 1360. The highest BCUT2D eigenvalue weighted by Gasteiger charge is 2.42. The van der Waals surface area contributed by atoms with E-state index in [1.54, 1.807) is 18.3 Å². The molecule has 2 aromatic heterocycles. The maximum atomic E-state index is 11.2. The number of benzene rings is 2. The summed E-state index contributed by atoms with van der Waals surface area (Å²) in [6, 6.07) is 23.0. The van der Waals surface area contributed by atoms with Crippen LogP contribution in [-0.4, -0.2) is 21.6 Å². The van der Waals surface area contributed by atoms with Crippen LogP contribution in [0.4, 0.5) is 11.4 Å². The van der Waals surface area contributed by atoms with Crippen LogP contribution < -0.4 is 15.0 Å². The van der Waals surface area contributed by atoms with Gasteiger partial charge < -0.3 is 19.4 Å². The third-order valence-corrected chi connectivity index (χ3v) is 6.10. The molecule has 35 heavy (non-hydrogen) atoms. The first kappa shape index (κ1) is 22.5. The lowest BCUT2D eigenvalue weighted by Crippen LogP contribution is -2.29. The van der Waals surface area contributed by atoms with Crippen LogP contribution in [0.25, 0.3) is 11.3 Å². The molecule has 0 unspecified atom stereocenters. The van der Waals surface area contributed by atoms with Crippen LogP contribution in [0.1, 0.15) is 30.5 Å². The quantitative estimate of drug-likeness (QED) is 0.198. The first-order valence-electron chi connectivity index (χ1n) is 11.1. The predicted octanol–water partition coefficient (Wildman–Crippen LogP) is 5.83. The zero-order chi connectivity index (χ0) is 24.4. The Kier molecular flexibility index (Phi) is 6.15. The van der Waals surface area contributed by atoms with Gasteiger partial charge in [0.1, 0.15) is 23.3 Å². The molecule has 0 saturated carbocycles. The number of non-ortho nitro benzene ring substituents is 1. The summed E-state index contributed by atoms with van der Waals surface area (Å²) in [5.41, 5.74) is 2.33. The number of rotatable bonds is 7. The molecule has 5 rings (SSSR count). The molecule has 3 heterocycles. The Hall–Kier alpha value is -4.24. The summed E-state index contributed by atoms with van der Waals surface area (Å²) in [7, 11) is 0. The van der Waals surface area contributed by atoms with E-state index in [0.29, 0.717) is 28.8 Å². The molecule has 1 saturated heterocycles. The second-order valence-corrected chi connectivity index (χ2v) is 8.32. The zero-order valence-electron chi connectivity index (χ0n) is 18.8. The SMILES string of the molecule is CCOc1ccc(N2C(=S)N[C@@H](c3ccccn3)[C@@H]2c2ccc(-c3cccc([N+](=O)[O-])c3)o2)cc1. The minimum Gasteiger partial charge on any atom is -0.494 e. The molecule has 1 aliphatic rings. The van der Waals surface area contributed by atoms with Gasteiger partial charge in [-0.05, 0) is 67.7 Å². The molecule has 176 valence electrons. The third kappa shape index (κ3) is 4.45. The maximum absolute atomic E-state index is 11.2.